The molecule has 0 radical (unpaired) electrons. The van der Waals surface area contributed by atoms with Crippen molar-refractivity contribution in [2.75, 3.05) is 26.8 Å². The molecule has 1 unspecified atom stereocenters. The topological polar surface area (TPSA) is 45.7 Å². The summed E-state index contributed by atoms with van der Waals surface area (Å²) < 4.78 is 5.58. The molecule has 1 heterocycles. The summed E-state index contributed by atoms with van der Waals surface area (Å²) in [6, 6.07) is 6.15. The highest BCUT2D eigenvalue weighted by atomic mass is 127. The van der Waals surface area contributed by atoms with Crippen LogP contribution in [-0.4, -0.2) is 38.8 Å². The van der Waals surface area contributed by atoms with Crippen LogP contribution in [0.4, 0.5) is 0 Å². The average molecular weight is 500 g/mol. The van der Waals surface area contributed by atoms with Crippen LogP contribution in [0.3, 0.4) is 0 Å². The smallest absolute Gasteiger partial charge is 0.191 e. The van der Waals surface area contributed by atoms with Gasteiger partial charge in [0.15, 0.2) is 5.96 Å². The maximum atomic E-state index is 6.51. The lowest BCUT2D eigenvalue weighted by atomic mass is 9.74. The summed E-state index contributed by atoms with van der Waals surface area (Å²) >= 11 is 12.6. The molecule has 0 aromatic heterocycles. The van der Waals surface area contributed by atoms with Crippen molar-refractivity contribution in [3.8, 4) is 0 Å². The predicted molar refractivity (Wildman–Crippen MR) is 118 cm³/mol. The minimum Gasteiger partial charge on any atom is -0.381 e. The lowest BCUT2D eigenvalue weighted by molar-refractivity contribution is 0.0514. The van der Waals surface area contributed by atoms with Crippen molar-refractivity contribution in [1.82, 2.24) is 10.6 Å². The Bertz CT molecular complexity index is 577. The van der Waals surface area contributed by atoms with Gasteiger partial charge in [-0.1, -0.05) is 36.2 Å². The zero-order valence-electron chi connectivity index (χ0n) is 15.1. The van der Waals surface area contributed by atoms with Crippen LogP contribution in [0, 0.1) is 0 Å². The Morgan fingerprint density at radius 1 is 1.32 bits per heavy atom. The van der Waals surface area contributed by atoms with Gasteiger partial charge >= 0.3 is 0 Å². The maximum absolute atomic E-state index is 6.51. The highest BCUT2D eigenvalue weighted by molar-refractivity contribution is 14.0. The summed E-state index contributed by atoms with van der Waals surface area (Å²) in [5.74, 6) is 0.820. The second-order valence-corrected chi connectivity index (χ2v) is 7.24. The molecule has 0 aliphatic carbocycles. The molecule has 1 aromatic rings. The highest BCUT2D eigenvalue weighted by Gasteiger charge is 2.36. The first-order chi connectivity index (χ1) is 11.5. The van der Waals surface area contributed by atoms with E-state index in [-0.39, 0.29) is 29.4 Å². The van der Waals surface area contributed by atoms with Crippen molar-refractivity contribution < 1.29 is 4.74 Å². The van der Waals surface area contributed by atoms with Gasteiger partial charge in [0.2, 0.25) is 0 Å². The van der Waals surface area contributed by atoms with Crippen molar-refractivity contribution in [2.45, 2.75) is 44.6 Å². The molecule has 1 atom stereocenters. The first-order valence-corrected chi connectivity index (χ1v) is 9.27. The minimum atomic E-state index is -0.0764. The Kier molecular flexibility index (Phi) is 9.85. The molecular formula is C18H28Cl2IN3O. The molecule has 0 bridgehead atoms. The largest absolute Gasteiger partial charge is 0.381 e. The van der Waals surface area contributed by atoms with Crippen LogP contribution < -0.4 is 10.6 Å². The third-order valence-corrected chi connectivity index (χ3v) is 5.31. The molecule has 7 heteroatoms. The van der Waals surface area contributed by atoms with Gasteiger partial charge < -0.3 is 15.4 Å². The zero-order chi connectivity index (χ0) is 17.6. The molecule has 1 aliphatic heterocycles. The first kappa shape index (κ1) is 22.8. The highest BCUT2D eigenvalue weighted by Crippen LogP contribution is 2.39. The quantitative estimate of drug-likeness (QED) is 0.353. The van der Waals surface area contributed by atoms with E-state index in [2.05, 4.69) is 29.5 Å². The van der Waals surface area contributed by atoms with E-state index in [1.54, 1.807) is 7.05 Å². The van der Waals surface area contributed by atoms with Crippen LogP contribution in [-0.2, 0) is 10.2 Å². The number of nitrogens with zero attached hydrogens (tertiary/aromatic N) is 1. The van der Waals surface area contributed by atoms with Crippen LogP contribution in [0.5, 0.6) is 0 Å². The van der Waals surface area contributed by atoms with Crippen molar-refractivity contribution in [3.63, 3.8) is 0 Å². The maximum Gasteiger partial charge on any atom is 0.191 e. The van der Waals surface area contributed by atoms with E-state index in [0.29, 0.717) is 11.1 Å². The summed E-state index contributed by atoms with van der Waals surface area (Å²) in [6.45, 7) is 6.52. The van der Waals surface area contributed by atoms with Gasteiger partial charge in [0.1, 0.15) is 0 Å². The van der Waals surface area contributed by atoms with Crippen LogP contribution >= 0.6 is 47.2 Å². The second-order valence-electron chi connectivity index (χ2n) is 6.40. The molecule has 1 fully saturated rings. The number of nitrogens with one attached hydrogen (secondary N) is 2. The normalized spacial score (nSPS) is 18.2. The van der Waals surface area contributed by atoms with Gasteiger partial charge in [-0.3, -0.25) is 4.99 Å². The molecule has 25 heavy (non-hydrogen) atoms. The van der Waals surface area contributed by atoms with E-state index in [4.69, 9.17) is 27.9 Å². The molecule has 2 N–H and O–H groups in total. The minimum absolute atomic E-state index is 0. The number of guanidine groups is 1. The molecule has 1 aromatic carbocycles. The van der Waals surface area contributed by atoms with Crippen molar-refractivity contribution in [1.29, 1.82) is 0 Å². The van der Waals surface area contributed by atoms with Crippen molar-refractivity contribution in [3.05, 3.63) is 33.8 Å². The lowest BCUT2D eigenvalue weighted by Crippen LogP contribution is -2.49. The summed E-state index contributed by atoms with van der Waals surface area (Å²) in [7, 11) is 1.80. The summed E-state index contributed by atoms with van der Waals surface area (Å²) in [5.41, 5.74) is 1.05. The SMILES string of the molecule is CCC(C)NC(=NC)NCC1(c2ccc(Cl)cc2Cl)CCOCC1.I. The second kappa shape index (κ2) is 10.8. The number of aliphatic imine (C=N–C) groups is 1. The van der Waals surface area contributed by atoms with Crippen LogP contribution in [0.15, 0.2) is 23.2 Å². The van der Waals surface area contributed by atoms with Gasteiger partial charge in [-0.25, -0.2) is 0 Å². The molecule has 142 valence electrons. The Morgan fingerprint density at radius 3 is 2.56 bits per heavy atom. The molecule has 4 nitrogen and oxygen atoms in total. The van der Waals surface area contributed by atoms with E-state index in [1.807, 2.05) is 18.2 Å². The molecular weight excluding hydrogens is 472 g/mol. The number of hydrogen-bond acceptors (Lipinski definition) is 2. The van der Waals surface area contributed by atoms with Crippen molar-refractivity contribution in [2.24, 2.45) is 4.99 Å². The molecule has 0 amide bonds. The monoisotopic (exact) mass is 499 g/mol. The molecule has 2 rings (SSSR count). The number of benzene rings is 1. The average Bonchev–Trinajstić information content (AvgIpc) is 2.59. The van der Waals surface area contributed by atoms with Crippen LogP contribution in [0.25, 0.3) is 0 Å². The summed E-state index contributed by atoms with van der Waals surface area (Å²) in [5, 5.41) is 8.26. The zero-order valence-corrected chi connectivity index (χ0v) is 18.9. The molecule has 0 spiro atoms. The fourth-order valence-corrected chi connectivity index (χ4v) is 3.61. The van der Waals surface area contributed by atoms with Gasteiger partial charge in [-0.2, -0.15) is 0 Å². The van der Waals surface area contributed by atoms with Gasteiger partial charge in [0.05, 0.1) is 0 Å². The third kappa shape index (κ3) is 6.15. The molecule has 1 saturated heterocycles. The van der Waals surface area contributed by atoms with Crippen LogP contribution in [0.1, 0.15) is 38.7 Å². The van der Waals surface area contributed by atoms with Gasteiger partial charge in [0.25, 0.3) is 0 Å². The van der Waals surface area contributed by atoms with E-state index in [1.165, 1.54) is 0 Å². The number of hydrogen-bond donors (Lipinski definition) is 2. The van der Waals surface area contributed by atoms with Gasteiger partial charge in [-0.05, 0) is 43.9 Å². The Morgan fingerprint density at radius 2 is 2.00 bits per heavy atom. The van der Waals surface area contributed by atoms with Gasteiger partial charge in [0, 0.05) is 48.3 Å². The molecule has 0 saturated carbocycles. The Hall–Kier alpha value is -0.240. The van der Waals surface area contributed by atoms with E-state index >= 15 is 0 Å². The fourth-order valence-electron chi connectivity index (χ4n) is 3.01. The Balaban J connectivity index is 0.00000312. The third-order valence-electron chi connectivity index (χ3n) is 4.77. The summed E-state index contributed by atoms with van der Waals surface area (Å²) in [4.78, 5) is 4.33. The van der Waals surface area contributed by atoms with Crippen molar-refractivity contribution >= 4 is 53.1 Å². The predicted octanol–water partition coefficient (Wildman–Crippen LogP) is 4.62. The Labute approximate surface area is 178 Å². The van der Waals surface area contributed by atoms with Crippen LogP contribution in [0.2, 0.25) is 10.0 Å². The lowest BCUT2D eigenvalue weighted by Gasteiger charge is -2.39. The standard InChI is InChI=1S/C18H27Cl2N3O.HI/c1-4-13(2)23-17(21-3)22-12-18(7-9-24-10-8-18)15-6-5-14(19)11-16(15)20;/h5-6,11,13H,4,7-10,12H2,1-3H3,(H2,21,22,23);1H. The summed E-state index contributed by atoms with van der Waals surface area (Å²) in [6.07, 6.45) is 2.88. The first-order valence-electron chi connectivity index (χ1n) is 8.51. The van der Waals surface area contributed by atoms with E-state index in [0.717, 1.165) is 55.6 Å². The van der Waals surface area contributed by atoms with Gasteiger partial charge in [-0.15, -0.1) is 24.0 Å². The van der Waals surface area contributed by atoms with E-state index in [9.17, 15) is 0 Å². The van der Waals surface area contributed by atoms with E-state index < -0.39 is 0 Å². The number of ether oxygens (including phenoxy) is 1. The molecule has 1 aliphatic rings. The number of halogens is 3. The number of rotatable bonds is 5. The fraction of sp³-hybridized carbons (Fsp3) is 0.611.